The molecule has 1 aromatic carbocycles. The summed E-state index contributed by atoms with van der Waals surface area (Å²) in [5.41, 5.74) is 0.971. The Morgan fingerprint density at radius 2 is 2.00 bits per heavy atom. The maximum atomic E-state index is 11.8. The van der Waals surface area contributed by atoms with Gasteiger partial charge in [-0.15, -0.1) is 0 Å². The van der Waals surface area contributed by atoms with Crippen LogP contribution in [0.4, 0.5) is 0 Å². The van der Waals surface area contributed by atoms with Crippen LogP contribution >= 0.6 is 0 Å². The van der Waals surface area contributed by atoms with Gasteiger partial charge >= 0.3 is 5.97 Å². The first-order chi connectivity index (χ1) is 10.6. The fourth-order valence-corrected chi connectivity index (χ4v) is 3.51. The van der Waals surface area contributed by atoms with E-state index in [4.69, 9.17) is 13.9 Å². The molecule has 4 nitrogen and oxygen atoms in total. The average molecular weight is 337 g/mol. The highest BCUT2D eigenvalue weighted by molar-refractivity contribution is 6.74. The van der Waals surface area contributed by atoms with Crippen molar-refractivity contribution in [1.82, 2.24) is 0 Å². The first-order valence-electron chi connectivity index (χ1n) is 8.11. The zero-order chi connectivity index (χ0) is 17.3. The van der Waals surface area contributed by atoms with E-state index in [-0.39, 0.29) is 23.0 Å². The molecule has 2 rings (SSSR count). The molecule has 2 atom stereocenters. The quantitative estimate of drug-likeness (QED) is 0.593. The highest BCUT2D eigenvalue weighted by atomic mass is 28.4. The molecule has 0 bridgehead atoms. The van der Waals surface area contributed by atoms with E-state index in [9.17, 15) is 4.79 Å². The first-order valence-corrected chi connectivity index (χ1v) is 11.0. The van der Waals surface area contributed by atoms with Crippen LogP contribution in [0.1, 0.15) is 38.9 Å². The number of hydrogen-bond donors (Lipinski definition) is 0. The Bertz CT molecular complexity index is 562. The van der Waals surface area contributed by atoms with Gasteiger partial charge in [0, 0.05) is 12.5 Å². The maximum absolute atomic E-state index is 11.8. The van der Waals surface area contributed by atoms with Crippen LogP contribution in [0, 0.1) is 5.92 Å². The third-order valence-electron chi connectivity index (χ3n) is 5.00. The summed E-state index contributed by atoms with van der Waals surface area (Å²) >= 11 is 0. The molecule has 0 amide bonds. The minimum absolute atomic E-state index is 0.0590. The van der Waals surface area contributed by atoms with Crippen LogP contribution in [0.3, 0.4) is 0 Å². The molecule has 0 radical (unpaired) electrons. The normalized spacial score (nSPS) is 22.1. The lowest BCUT2D eigenvalue weighted by Crippen LogP contribution is -2.42. The van der Waals surface area contributed by atoms with Crippen LogP contribution < -0.4 is 4.74 Å². The van der Waals surface area contributed by atoms with Crippen molar-refractivity contribution in [2.24, 2.45) is 5.92 Å². The van der Waals surface area contributed by atoms with Crippen LogP contribution in [0.25, 0.3) is 0 Å². The van der Waals surface area contributed by atoms with Crippen LogP contribution in [0.5, 0.6) is 5.75 Å². The van der Waals surface area contributed by atoms with Crippen molar-refractivity contribution in [3.05, 3.63) is 29.8 Å². The van der Waals surface area contributed by atoms with Crippen LogP contribution in [0.2, 0.25) is 18.1 Å². The van der Waals surface area contributed by atoms with E-state index >= 15 is 0 Å². The third-order valence-corrected chi connectivity index (χ3v) is 9.50. The van der Waals surface area contributed by atoms with Gasteiger partial charge in [0.05, 0.1) is 13.5 Å². The highest BCUT2D eigenvalue weighted by Gasteiger charge is 2.41. The fourth-order valence-electron chi connectivity index (χ4n) is 2.44. The van der Waals surface area contributed by atoms with Crippen molar-refractivity contribution in [2.45, 2.75) is 51.4 Å². The molecule has 0 unspecified atom stereocenters. The molecular weight excluding hydrogens is 308 g/mol. The van der Waals surface area contributed by atoms with Crippen LogP contribution in [-0.4, -0.2) is 28.0 Å². The maximum Gasteiger partial charge on any atom is 0.306 e. The van der Waals surface area contributed by atoms with Crippen molar-refractivity contribution in [3.8, 4) is 5.75 Å². The van der Waals surface area contributed by atoms with E-state index in [0.29, 0.717) is 13.0 Å². The Kier molecular flexibility index (Phi) is 5.21. The van der Waals surface area contributed by atoms with E-state index in [2.05, 4.69) is 33.9 Å². The Balaban J connectivity index is 2.12. The molecule has 1 saturated heterocycles. The topological polar surface area (TPSA) is 44.8 Å². The van der Waals surface area contributed by atoms with Gasteiger partial charge in [0.25, 0.3) is 0 Å². The molecule has 0 spiro atoms. The molecule has 1 heterocycles. The number of ether oxygens (including phenoxy) is 2. The third kappa shape index (κ3) is 4.15. The second kappa shape index (κ2) is 6.65. The molecular formula is C18H28O4Si. The van der Waals surface area contributed by atoms with Gasteiger partial charge < -0.3 is 13.9 Å². The highest BCUT2D eigenvalue weighted by Crippen LogP contribution is 2.40. The molecule has 0 aromatic heterocycles. The number of rotatable bonds is 5. The van der Waals surface area contributed by atoms with E-state index in [0.717, 1.165) is 11.3 Å². The summed E-state index contributed by atoms with van der Waals surface area (Å²) in [6, 6.07) is 7.72. The predicted molar refractivity (Wildman–Crippen MR) is 93.1 cm³/mol. The van der Waals surface area contributed by atoms with Gasteiger partial charge in [-0.25, -0.2) is 0 Å². The van der Waals surface area contributed by atoms with Crippen LogP contribution in [-0.2, 0) is 14.0 Å². The number of benzene rings is 1. The van der Waals surface area contributed by atoms with Gasteiger partial charge in [-0.3, -0.25) is 4.79 Å². The zero-order valence-corrected chi connectivity index (χ0v) is 16.0. The lowest BCUT2D eigenvalue weighted by molar-refractivity contribution is -0.141. The second-order valence-electron chi connectivity index (χ2n) is 7.72. The minimum atomic E-state index is -1.83. The molecule has 23 heavy (non-hydrogen) atoms. The Morgan fingerprint density at radius 3 is 2.61 bits per heavy atom. The summed E-state index contributed by atoms with van der Waals surface area (Å²) in [6.07, 6.45) is 0.165. The summed E-state index contributed by atoms with van der Waals surface area (Å²) in [5.74, 6) is 0.680. The predicted octanol–water partition coefficient (Wildman–Crippen LogP) is 4.32. The van der Waals surface area contributed by atoms with E-state index in [1.165, 1.54) is 0 Å². The molecule has 1 aromatic rings. The number of carbonyl (C=O) groups excluding carboxylic acids is 1. The van der Waals surface area contributed by atoms with Crippen molar-refractivity contribution in [2.75, 3.05) is 13.7 Å². The fraction of sp³-hybridized carbons (Fsp3) is 0.611. The minimum Gasteiger partial charge on any atom is -0.497 e. The standard InChI is InChI=1S/C18H28O4Si/c1-18(2,3)23(5,6)21-12-14-11-16(19)22-17(14)13-8-7-9-15(10-13)20-4/h7-10,14,17H,11-12H2,1-6H3/t14-,17+/m1/s1. The largest absolute Gasteiger partial charge is 0.497 e. The van der Waals surface area contributed by atoms with Gasteiger partial charge in [0.15, 0.2) is 8.32 Å². The van der Waals surface area contributed by atoms with Crippen LogP contribution in [0.15, 0.2) is 24.3 Å². The van der Waals surface area contributed by atoms with E-state index in [1.807, 2.05) is 24.3 Å². The Labute approximate surface area is 140 Å². The zero-order valence-electron chi connectivity index (χ0n) is 15.0. The lowest BCUT2D eigenvalue weighted by atomic mass is 9.96. The molecule has 0 saturated carbocycles. The molecule has 5 heteroatoms. The molecule has 1 aliphatic heterocycles. The number of esters is 1. The van der Waals surface area contributed by atoms with E-state index < -0.39 is 8.32 Å². The molecule has 0 aliphatic carbocycles. The average Bonchev–Trinajstić information content (AvgIpc) is 2.85. The first kappa shape index (κ1) is 18.0. The second-order valence-corrected chi connectivity index (χ2v) is 12.5. The van der Waals surface area contributed by atoms with Crippen molar-refractivity contribution >= 4 is 14.3 Å². The van der Waals surface area contributed by atoms with Gasteiger partial charge in [-0.05, 0) is 35.8 Å². The number of methoxy groups -OCH3 is 1. The number of hydrogen-bond acceptors (Lipinski definition) is 4. The molecule has 1 aliphatic rings. The Morgan fingerprint density at radius 1 is 1.30 bits per heavy atom. The SMILES string of the molecule is COc1cccc([C@@H]2OC(=O)C[C@@H]2CO[Si](C)(C)C(C)(C)C)c1. The van der Waals surface area contributed by atoms with Gasteiger partial charge in [-0.1, -0.05) is 32.9 Å². The lowest BCUT2D eigenvalue weighted by Gasteiger charge is -2.37. The van der Waals surface area contributed by atoms with Gasteiger partial charge in [0.1, 0.15) is 11.9 Å². The molecule has 1 fully saturated rings. The summed E-state index contributed by atoms with van der Waals surface area (Å²) in [6.45, 7) is 11.7. The smallest absolute Gasteiger partial charge is 0.306 e. The Hall–Kier alpha value is -1.33. The molecule has 0 N–H and O–H groups in total. The molecule has 128 valence electrons. The summed E-state index contributed by atoms with van der Waals surface area (Å²) in [5, 5.41) is 0.155. The van der Waals surface area contributed by atoms with Gasteiger partial charge in [-0.2, -0.15) is 0 Å². The summed E-state index contributed by atoms with van der Waals surface area (Å²) < 4.78 is 17.1. The van der Waals surface area contributed by atoms with Crippen molar-refractivity contribution in [1.29, 1.82) is 0 Å². The van der Waals surface area contributed by atoms with E-state index in [1.54, 1.807) is 7.11 Å². The van der Waals surface area contributed by atoms with Crippen molar-refractivity contribution < 1.29 is 18.7 Å². The summed E-state index contributed by atoms with van der Waals surface area (Å²) in [4.78, 5) is 11.8. The number of carbonyl (C=O) groups is 1. The number of cyclic esters (lactones) is 1. The summed E-state index contributed by atoms with van der Waals surface area (Å²) in [7, 11) is -0.198. The van der Waals surface area contributed by atoms with Gasteiger partial charge in [0.2, 0.25) is 0 Å². The van der Waals surface area contributed by atoms with Crippen molar-refractivity contribution in [3.63, 3.8) is 0 Å². The monoisotopic (exact) mass is 336 g/mol.